The molecule has 0 radical (unpaired) electrons. The average molecular weight is 687 g/mol. The summed E-state index contributed by atoms with van der Waals surface area (Å²) in [6, 6.07) is -1.61. The van der Waals surface area contributed by atoms with Crippen molar-refractivity contribution in [2.75, 3.05) is 6.54 Å². The number of ether oxygens (including phenoxy) is 1. The topological polar surface area (TPSA) is 125 Å². The molecule has 2 aliphatic heterocycles. The second kappa shape index (κ2) is 11.3. The van der Waals surface area contributed by atoms with Crippen LogP contribution in [-0.2, 0) is 19.1 Å². The van der Waals surface area contributed by atoms with Crippen molar-refractivity contribution in [3.63, 3.8) is 0 Å². The van der Waals surface area contributed by atoms with Gasteiger partial charge in [-0.15, -0.1) is 13.0 Å². The monoisotopic (exact) mass is 686 g/mol. The van der Waals surface area contributed by atoms with Crippen molar-refractivity contribution in [2.45, 2.75) is 88.9 Å². The summed E-state index contributed by atoms with van der Waals surface area (Å²) in [5.74, 6) is -2.13. The zero-order chi connectivity index (χ0) is 23.5. The summed E-state index contributed by atoms with van der Waals surface area (Å²) in [6.07, 6.45) is 9.41. The number of fused-ring (bicyclic) bond motifs is 2. The number of allylic oxidation sites excluding steroid dienone is 1. The van der Waals surface area contributed by atoms with E-state index in [0.29, 0.717) is 19.3 Å². The van der Waals surface area contributed by atoms with Crippen LogP contribution in [0.1, 0.15) is 65.7 Å². The molecule has 3 amide bonds. The molecule has 2 fully saturated rings. The quantitative estimate of drug-likeness (QED) is 0.302. The fourth-order valence-corrected chi connectivity index (χ4v) is 4.34. The molecule has 3 N–H and O–H groups in total. The Balaban J connectivity index is 0.00000385. The molecule has 3 rings (SSSR count). The van der Waals surface area contributed by atoms with Gasteiger partial charge in [0.25, 0.3) is 0 Å². The molecule has 1 unspecified atom stereocenters. The number of alkyl carbamates (subject to hydrolysis) is 1. The van der Waals surface area contributed by atoms with Gasteiger partial charge in [0.1, 0.15) is 17.2 Å². The van der Waals surface area contributed by atoms with Gasteiger partial charge in [-0.05, 0) is 46.5 Å². The van der Waals surface area contributed by atoms with E-state index < -0.39 is 41.2 Å². The number of hydrogen-bond donors (Lipinski definition) is 3. The summed E-state index contributed by atoms with van der Waals surface area (Å²) in [5, 5.41) is 15.1. The number of nitrogens with one attached hydrogen (secondary N) is 2. The molecule has 0 bridgehead atoms. The zero-order valence-electron chi connectivity index (χ0n) is 19.6. The van der Waals surface area contributed by atoms with Crippen LogP contribution in [0.5, 0.6) is 0 Å². The fourth-order valence-electron chi connectivity index (χ4n) is 4.34. The van der Waals surface area contributed by atoms with Crippen LogP contribution < -0.4 is 10.6 Å². The second-order valence-corrected chi connectivity index (χ2v) is 9.87. The number of aliphatic carboxylic acids is 1. The van der Waals surface area contributed by atoms with E-state index >= 15 is 0 Å². The van der Waals surface area contributed by atoms with E-state index in [4.69, 9.17) is 4.74 Å². The van der Waals surface area contributed by atoms with Crippen molar-refractivity contribution in [3.8, 4) is 0 Å². The minimum atomic E-state index is -1.31. The van der Waals surface area contributed by atoms with Crippen LogP contribution in [0.3, 0.4) is 0 Å². The van der Waals surface area contributed by atoms with E-state index in [1.165, 1.54) is 4.90 Å². The number of carboxylic acid groups (broad SMARTS) is 1. The van der Waals surface area contributed by atoms with Crippen LogP contribution in [0.15, 0.2) is 12.2 Å². The predicted octanol–water partition coefficient (Wildman–Crippen LogP) is 2.16. The maximum atomic E-state index is 13.3. The molecule has 33 heavy (non-hydrogen) atoms. The van der Waals surface area contributed by atoms with Gasteiger partial charge in [-0.2, -0.15) is 0 Å². The molecule has 10 heteroatoms. The van der Waals surface area contributed by atoms with Crippen molar-refractivity contribution in [1.82, 2.24) is 15.5 Å². The molecular weight excluding hydrogens is 652 g/mol. The number of carbonyl (C=O) groups is 4. The third kappa shape index (κ3) is 6.98. The van der Waals surface area contributed by atoms with Crippen LogP contribution in [0.25, 0.3) is 0 Å². The van der Waals surface area contributed by atoms with Gasteiger partial charge in [0, 0.05) is 37.0 Å². The number of amides is 3. The molecular formula is C23H34N3O6U-. The summed E-state index contributed by atoms with van der Waals surface area (Å²) in [4.78, 5) is 52.0. The predicted molar refractivity (Wildman–Crippen MR) is 116 cm³/mol. The largest absolute Gasteiger partial charge is 0.479 e. The standard InChI is InChI=1S/C23H34N3O6.U/c1-22(2,3)32-21(31)24-16-11-8-6-4-5-7-10-15-14-23(15,20(29)30)25-18(27)17-12-9-13-26(17)19(16)28;/h7,9-10,15-17H,4-6,8,11-14H2,1-3H3,(H,24,31)(H,25,27)(H,29,30);/q-1;/b10-7-;/t15?,16-,17-,23+;/m0./s1. The molecule has 1 saturated heterocycles. The van der Waals surface area contributed by atoms with Crippen molar-refractivity contribution < 1.29 is 60.1 Å². The summed E-state index contributed by atoms with van der Waals surface area (Å²) in [7, 11) is 0. The molecule has 0 aromatic rings. The van der Waals surface area contributed by atoms with Crippen molar-refractivity contribution in [2.24, 2.45) is 5.92 Å². The number of nitrogens with zero attached hydrogens (tertiary/aromatic N) is 1. The normalized spacial score (nSPS) is 31.5. The molecule has 9 nitrogen and oxygen atoms in total. The molecule has 0 spiro atoms. The molecule has 0 aromatic heterocycles. The first-order valence-corrected chi connectivity index (χ1v) is 11.4. The number of carboxylic acids is 1. The third-order valence-corrected chi connectivity index (χ3v) is 6.14. The van der Waals surface area contributed by atoms with Crippen molar-refractivity contribution in [3.05, 3.63) is 18.6 Å². The van der Waals surface area contributed by atoms with Crippen LogP contribution in [-0.4, -0.2) is 63.7 Å². The summed E-state index contributed by atoms with van der Waals surface area (Å²) in [6.45, 7) is 5.51. The van der Waals surface area contributed by atoms with Gasteiger partial charge in [0.05, 0.1) is 6.04 Å². The van der Waals surface area contributed by atoms with Gasteiger partial charge in [-0.3, -0.25) is 9.59 Å². The van der Waals surface area contributed by atoms with Gasteiger partial charge >= 0.3 is 12.1 Å². The maximum Gasteiger partial charge on any atom is 0.408 e. The Morgan fingerprint density at radius 2 is 2.00 bits per heavy atom. The smallest absolute Gasteiger partial charge is 0.408 e. The SMILES string of the molecule is CC(C)(C)OC(=O)N[C@H]1CCCCC/C=C\C2C[C@@]2(C(=O)O)NC(=O)[C@@H]2C[CH-]CN2C1=O.[U]. The third-order valence-electron chi connectivity index (χ3n) is 6.14. The van der Waals surface area contributed by atoms with Crippen molar-refractivity contribution >= 4 is 23.9 Å². The Kier molecular flexibility index (Phi) is 9.46. The van der Waals surface area contributed by atoms with E-state index in [1.807, 2.05) is 18.6 Å². The van der Waals surface area contributed by atoms with Crippen molar-refractivity contribution in [1.29, 1.82) is 0 Å². The van der Waals surface area contributed by atoms with Crippen LogP contribution in [0.2, 0.25) is 0 Å². The summed E-state index contributed by atoms with van der Waals surface area (Å²) < 4.78 is 5.32. The maximum absolute atomic E-state index is 13.3. The molecule has 4 atom stereocenters. The number of hydrogen-bond acceptors (Lipinski definition) is 5. The molecule has 182 valence electrons. The van der Waals surface area contributed by atoms with E-state index in [9.17, 15) is 24.3 Å². The van der Waals surface area contributed by atoms with E-state index in [1.54, 1.807) is 20.8 Å². The second-order valence-electron chi connectivity index (χ2n) is 9.87. The van der Waals surface area contributed by atoms with E-state index in [-0.39, 0.29) is 49.5 Å². The first-order valence-electron chi connectivity index (χ1n) is 11.4. The first-order chi connectivity index (χ1) is 15.0. The Bertz CT molecular complexity index is 796. The molecule has 3 aliphatic rings. The van der Waals surface area contributed by atoms with E-state index in [2.05, 4.69) is 10.6 Å². The number of carbonyl (C=O) groups excluding carboxylic acids is 3. The van der Waals surface area contributed by atoms with Crippen LogP contribution in [0, 0.1) is 43.5 Å². The summed E-state index contributed by atoms with van der Waals surface area (Å²) >= 11 is 0. The van der Waals surface area contributed by atoms with Gasteiger partial charge in [0.15, 0.2) is 0 Å². The fraction of sp³-hybridized carbons (Fsp3) is 0.696. The zero-order valence-corrected chi connectivity index (χ0v) is 23.7. The van der Waals surface area contributed by atoms with Gasteiger partial charge < -0.3 is 31.8 Å². The minimum Gasteiger partial charge on any atom is -0.479 e. The average Bonchev–Trinajstić information content (AvgIpc) is 3.16. The van der Waals surface area contributed by atoms with Gasteiger partial charge in [0.2, 0.25) is 11.8 Å². The van der Waals surface area contributed by atoms with Gasteiger partial charge in [-0.25, -0.2) is 9.59 Å². The summed E-state index contributed by atoms with van der Waals surface area (Å²) in [5.41, 5.74) is -2.01. The minimum absolute atomic E-state index is 0. The Hall–Kier alpha value is -1.53. The molecule has 0 aromatic carbocycles. The molecule has 1 saturated carbocycles. The van der Waals surface area contributed by atoms with Crippen LogP contribution >= 0.6 is 0 Å². The van der Waals surface area contributed by atoms with Crippen LogP contribution in [0.4, 0.5) is 4.79 Å². The Morgan fingerprint density at radius 1 is 1.27 bits per heavy atom. The van der Waals surface area contributed by atoms with E-state index in [0.717, 1.165) is 25.7 Å². The number of rotatable bonds is 2. The molecule has 2 heterocycles. The first kappa shape index (κ1) is 27.7. The molecule has 1 aliphatic carbocycles. The Morgan fingerprint density at radius 3 is 2.67 bits per heavy atom. The Labute approximate surface area is 218 Å². The van der Waals surface area contributed by atoms with Gasteiger partial charge in [-0.1, -0.05) is 25.0 Å².